The molecule has 172 valence electrons. The van der Waals surface area contributed by atoms with Crippen molar-refractivity contribution in [2.45, 2.75) is 12.6 Å². The first kappa shape index (κ1) is 22.3. The van der Waals surface area contributed by atoms with E-state index in [0.29, 0.717) is 70.1 Å². The number of carbonyl (C=O) groups excluding carboxylic acids is 1. The van der Waals surface area contributed by atoms with Crippen molar-refractivity contribution in [3.63, 3.8) is 0 Å². The maximum atomic E-state index is 12.5. The lowest BCUT2D eigenvalue weighted by molar-refractivity contribution is -0.145. The van der Waals surface area contributed by atoms with Gasteiger partial charge in [0, 0.05) is 61.9 Å². The van der Waals surface area contributed by atoms with E-state index < -0.39 is 18.0 Å². The highest BCUT2D eigenvalue weighted by atomic mass is 16.5. The minimum absolute atomic E-state index is 0.0771. The number of rotatable bonds is 7. The molecule has 2 fully saturated rings. The molecule has 0 aliphatic carbocycles. The van der Waals surface area contributed by atoms with E-state index in [0.717, 1.165) is 5.39 Å². The molecule has 32 heavy (non-hydrogen) atoms. The molecule has 2 N–H and O–H groups in total. The van der Waals surface area contributed by atoms with Gasteiger partial charge in [-0.25, -0.2) is 0 Å². The smallest absolute Gasteiger partial charge is 0.325 e. The van der Waals surface area contributed by atoms with Gasteiger partial charge in [-0.3, -0.25) is 24.2 Å². The summed E-state index contributed by atoms with van der Waals surface area (Å²) in [6.07, 6.45) is 1.64. The van der Waals surface area contributed by atoms with Gasteiger partial charge in [0.05, 0.1) is 19.8 Å². The van der Waals surface area contributed by atoms with Crippen LogP contribution in [0.25, 0.3) is 10.9 Å². The number of morpholine rings is 1. The van der Waals surface area contributed by atoms with Crippen molar-refractivity contribution >= 4 is 28.7 Å². The largest absolute Gasteiger partial charge is 0.480 e. The highest BCUT2D eigenvalue weighted by Gasteiger charge is 2.33. The molecule has 0 bridgehead atoms. The van der Waals surface area contributed by atoms with Crippen LogP contribution in [0.5, 0.6) is 0 Å². The maximum absolute atomic E-state index is 12.5. The predicted octanol–water partition coefficient (Wildman–Crippen LogP) is 0.328. The Morgan fingerprint density at radius 2 is 1.62 bits per heavy atom. The number of amides is 1. The number of aliphatic carboxylic acids is 2. The van der Waals surface area contributed by atoms with Crippen LogP contribution in [-0.4, -0.2) is 106 Å². The van der Waals surface area contributed by atoms with Gasteiger partial charge >= 0.3 is 11.9 Å². The number of fused-ring (bicyclic) bond motifs is 1. The minimum Gasteiger partial charge on any atom is -0.480 e. The number of hydrogen-bond acceptors (Lipinski definition) is 6. The van der Waals surface area contributed by atoms with Gasteiger partial charge in [-0.2, -0.15) is 0 Å². The lowest BCUT2D eigenvalue weighted by Gasteiger charge is -2.38. The number of carboxylic acids is 2. The second kappa shape index (κ2) is 9.68. The monoisotopic (exact) mass is 444 g/mol. The van der Waals surface area contributed by atoms with Crippen LogP contribution in [0.2, 0.25) is 0 Å². The summed E-state index contributed by atoms with van der Waals surface area (Å²) in [4.78, 5) is 41.8. The van der Waals surface area contributed by atoms with Gasteiger partial charge in [0.15, 0.2) is 0 Å². The van der Waals surface area contributed by atoms with E-state index in [1.165, 1.54) is 0 Å². The van der Waals surface area contributed by atoms with E-state index in [1.54, 1.807) is 16.8 Å². The van der Waals surface area contributed by atoms with Crippen molar-refractivity contribution in [1.82, 2.24) is 19.3 Å². The molecule has 10 heteroatoms. The lowest BCUT2D eigenvalue weighted by Crippen LogP contribution is -2.52. The summed E-state index contributed by atoms with van der Waals surface area (Å²) in [6.45, 7) is 4.64. The number of aromatic nitrogens is 1. The average molecular weight is 444 g/mol. The Labute approximate surface area is 185 Å². The number of nitrogens with zero attached hydrogens (tertiary/aromatic N) is 4. The molecular weight excluding hydrogens is 416 g/mol. The Kier molecular flexibility index (Phi) is 6.73. The average Bonchev–Trinajstić information content (AvgIpc) is 3.13. The van der Waals surface area contributed by atoms with Crippen LogP contribution in [-0.2, 0) is 25.7 Å². The number of para-hydroxylation sites is 1. The first-order valence-corrected chi connectivity index (χ1v) is 10.8. The summed E-state index contributed by atoms with van der Waals surface area (Å²) in [5.74, 6) is -1.88. The van der Waals surface area contributed by atoms with E-state index in [1.807, 2.05) is 28.0 Å². The van der Waals surface area contributed by atoms with Gasteiger partial charge in [-0.1, -0.05) is 18.2 Å². The minimum atomic E-state index is -0.984. The van der Waals surface area contributed by atoms with Gasteiger partial charge in [0.2, 0.25) is 5.91 Å². The lowest BCUT2D eigenvalue weighted by atomic mass is 10.0. The summed E-state index contributed by atoms with van der Waals surface area (Å²) < 4.78 is 6.88. The second-order valence-electron chi connectivity index (χ2n) is 8.17. The van der Waals surface area contributed by atoms with Crippen LogP contribution < -0.4 is 0 Å². The third-order valence-electron chi connectivity index (χ3n) is 6.15. The first-order valence-electron chi connectivity index (χ1n) is 10.8. The number of hydrogen-bond donors (Lipinski definition) is 2. The molecule has 0 radical (unpaired) electrons. The SMILES string of the molecule is O=C(O)Cn1cc([C@@H](C(=O)O)N2CCN(CC(=O)N3CCOCC3)CC2)c2ccccc21. The molecule has 2 aromatic rings. The summed E-state index contributed by atoms with van der Waals surface area (Å²) in [5.41, 5.74) is 1.29. The van der Waals surface area contributed by atoms with Crippen molar-refractivity contribution in [3.05, 3.63) is 36.0 Å². The zero-order chi connectivity index (χ0) is 22.7. The number of ether oxygens (including phenoxy) is 1. The molecule has 2 aliphatic heterocycles. The molecule has 0 spiro atoms. The molecule has 1 aromatic heterocycles. The van der Waals surface area contributed by atoms with Crippen molar-refractivity contribution in [2.24, 2.45) is 0 Å². The normalized spacial score (nSPS) is 19.2. The summed E-state index contributed by atoms with van der Waals surface area (Å²) in [5, 5.41) is 20.0. The molecule has 1 amide bonds. The van der Waals surface area contributed by atoms with Gasteiger partial charge in [-0.05, 0) is 6.07 Å². The number of benzene rings is 1. The van der Waals surface area contributed by atoms with Crippen LogP contribution in [0.3, 0.4) is 0 Å². The van der Waals surface area contributed by atoms with Gasteiger partial charge in [0.25, 0.3) is 0 Å². The molecule has 0 unspecified atom stereocenters. The highest BCUT2D eigenvalue weighted by molar-refractivity contribution is 5.90. The fraction of sp³-hybridized carbons (Fsp3) is 0.500. The number of carbonyl (C=O) groups is 3. The van der Waals surface area contributed by atoms with E-state index in [2.05, 4.69) is 4.90 Å². The first-order chi connectivity index (χ1) is 15.4. The zero-order valence-electron chi connectivity index (χ0n) is 17.9. The van der Waals surface area contributed by atoms with Gasteiger partial charge < -0.3 is 24.4 Å². The van der Waals surface area contributed by atoms with Gasteiger partial charge in [0.1, 0.15) is 12.6 Å². The van der Waals surface area contributed by atoms with E-state index in [-0.39, 0.29) is 12.5 Å². The Bertz CT molecular complexity index is 991. The van der Waals surface area contributed by atoms with Crippen molar-refractivity contribution in [1.29, 1.82) is 0 Å². The third-order valence-corrected chi connectivity index (χ3v) is 6.15. The molecule has 1 atom stereocenters. The van der Waals surface area contributed by atoms with Crippen LogP contribution >= 0.6 is 0 Å². The van der Waals surface area contributed by atoms with Crippen LogP contribution in [0, 0.1) is 0 Å². The van der Waals surface area contributed by atoms with Crippen molar-refractivity contribution in [3.8, 4) is 0 Å². The van der Waals surface area contributed by atoms with Crippen LogP contribution in [0.15, 0.2) is 30.5 Å². The van der Waals surface area contributed by atoms with Crippen molar-refractivity contribution in [2.75, 3.05) is 59.0 Å². The molecule has 2 saturated heterocycles. The fourth-order valence-corrected chi connectivity index (χ4v) is 4.54. The summed E-state index contributed by atoms with van der Waals surface area (Å²) in [7, 11) is 0. The molecule has 3 heterocycles. The highest BCUT2D eigenvalue weighted by Crippen LogP contribution is 2.31. The van der Waals surface area contributed by atoms with Gasteiger partial charge in [-0.15, -0.1) is 0 Å². The standard InChI is InChI=1S/C22H28N4O6/c27-19(24-9-11-32-12-10-24)14-23-5-7-25(8-6-23)21(22(30)31)17-13-26(15-20(28)29)18-4-2-1-3-16(17)18/h1-4,13,21H,5-12,14-15H2,(H,28,29)(H,30,31)/t21-/m0/s1. The third kappa shape index (κ3) is 4.77. The predicted molar refractivity (Wildman–Crippen MR) is 115 cm³/mol. The molecule has 2 aliphatic rings. The number of carboxylic acid groups (broad SMARTS) is 2. The molecular formula is C22H28N4O6. The summed E-state index contributed by atoms with van der Waals surface area (Å²) in [6, 6.07) is 6.38. The second-order valence-corrected chi connectivity index (χ2v) is 8.17. The van der Waals surface area contributed by atoms with Crippen molar-refractivity contribution < 1.29 is 29.3 Å². The molecule has 1 aromatic carbocycles. The number of piperazine rings is 1. The van der Waals surface area contributed by atoms with E-state index in [4.69, 9.17) is 4.74 Å². The molecule has 4 rings (SSSR count). The Morgan fingerprint density at radius 1 is 0.938 bits per heavy atom. The molecule has 0 saturated carbocycles. The molecule has 10 nitrogen and oxygen atoms in total. The van der Waals surface area contributed by atoms with E-state index in [9.17, 15) is 24.6 Å². The summed E-state index contributed by atoms with van der Waals surface area (Å²) >= 11 is 0. The Hall–Kier alpha value is -2.95. The topological polar surface area (TPSA) is 116 Å². The quantitative estimate of drug-likeness (QED) is 0.628. The maximum Gasteiger partial charge on any atom is 0.325 e. The van der Waals surface area contributed by atoms with Crippen LogP contribution in [0.4, 0.5) is 0 Å². The Morgan fingerprint density at radius 3 is 2.28 bits per heavy atom. The van der Waals surface area contributed by atoms with Crippen LogP contribution in [0.1, 0.15) is 11.6 Å². The fourth-order valence-electron chi connectivity index (χ4n) is 4.54. The zero-order valence-corrected chi connectivity index (χ0v) is 17.9. The Balaban J connectivity index is 1.47. The van der Waals surface area contributed by atoms with E-state index >= 15 is 0 Å².